The first kappa shape index (κ1) is 19.7. The van der Waals surface area contributed by atoms with Crippen molar-refractivity contribution in [3.8, 4) is 5.69 Å². The van der Waals surface area contributed by atoms with Gasteiger partial charge < -0.3 is 14.4 Å². The molecule has 0 spiro atoms. The van der Waals surface area contributed by atoms with Gasteiger partial charge in [-0.05, 0) is 37.6 Å². The van der Waals surface area contributed by atoms with Crippen molar-refractivity contribution < 1.29 is 19.1 Å². The van der Waals surface area contributed by atoms with Gasteiger partial charge in [-0.25, -0.2) is 9.78 Å². The highest BCUT2D eigenvalue weighted by Gasteiger charge is 2.38. The molecule has 0 aliphatic carbocycles. The van der Waals surface area contributed by atoms with E-state index in [4.69, 9.17) is 9.47 Å². The average Bonchev–Trinajstić information content (AvgIpc) is 3.20. The standard InChI is InChI=1S/C23H23N3O4/c1-4-30-23(28)21-22-25(14-24-21)18-8-6-5-7-17(18)19(13-20(27)29-3)26(22)16-11-9-15(2)10-12-16/h5-12,14,19H,4,13H2,1-3H3. The molecule has 1 aliphatic rings. The number of imidazole rings is 1. The molecule has 1 aliphatic heterocycles. The molecule has 1 unspecified atom stereocenters. The molecule has 0 amide bonds. The van der Waals surface area contributed by atoms with E-state index in [1.807, 2.05) is 64.9 Å². The number of para-hydroxylation sites is 1. The highest BCUT2D eigenvalue weighted by Crippen LogP contribution is 2.45. The molecule has 154 valence electrons. The number of hydrogen-bond acceptors (Lipinski definition) is 6. The molecule has 7 heteroatoms. The lowest BCUT2D eigenvalue weighted by atomic mass is 9.96. The molecule has 0 fully saturated rings. The molecule has 0 saturated heterocycles. The number of esters is 2. The maximum absolute atomic E-state index is 12.7. The van der Waals surface area contributed by atoms with Gasteiger partial charge in [0.05, 0.1) is 31.9 Å². The zero-order chi connectivity index (χ0) is 21.3. The molecular weight excluding hydrogens is 382 g/mol. The van der Waals surface area contributed by atoms with Gasteiger partial charge in [-0.2, -0.15) is 0 Å². The van der Waals surface area contributed by atoms with Crippen LogP contribution in [-0.4, -0.2) is 35.2 Å². The minimum atomic E-state index is -0.500. The van der Waals surface area contributed by atoms with Crippen molar-refractivity contribution in [1.82, 2.24) is 9.55 Å². The number of benzene rings is 2. The average molecular weight is 405 g/mol. The van der Waals surface area contributed by atoms with Crippen molar-refractivity contribution in [3.05, 3.63) is 71.7 Å². The van der Waals surface area contributed by atoms with Crippen molar-refractivity contribution in [2.45, 2.75) is 26.3 Å². The Morgan fingerprint density at radius 2 is 1.83 bits per heavy atom. The van der Waals surface area contributed by atoms with Gasteiger partial charge in [0.2, 0.25) is 0 Å². The quantitative estimate of drug-likeness (QED) is 0.595. The number of aryl methyl sites for hydroxylation is 1. The summed E-state index contributed by atoms with van der Waals surface area (Å²) in [5.74, 6) is -0.262. The van der Waals surface area contributed by atoms with Crippen molar-refractivity contribution >= 4 is 23.4 Å². The molecule has 3 aromatic rings. The summed E-state index contributed by atoms with van der Waals surface area (Å²) in [6.07, 6.45) is 1.74. The summed E-state index contributed by atoms with van der Waals surface area (Å²) in [4.78, 5) is 31.4. The van der Waals surface area contributed by atoms with Gasteiger partial charge in [-0.1, -0.05) is 35.9 Å². The van der Waals surface area contributed by atoms with E-state index in [0.717, 1.165) is 22.5 Å². The molecule has 0 bridgehead atoms. The first-order valence-electron chi connectivity index (χ1n) is 9.81. The molecule has 1 atom stereocenters. The Kier molecular flexibility index (Phi) is 5.27. The van der Waals surface area contributed by atoms with Crippen molar-refractivity contribution in [1.29, 1.82) is 0 Å². The van der Waals surface area contributed by atoms with Crippen molar-refractivity contribution in [2.75, 3.05) is 18.6 Å². The number of aromatic nitrogens is 2. The van der Waals surface area contributed by atoms with E-state index in [2.05, 4.69) is 4.98 Å². The highest BCUT2D eigenvalue weighted by molar-refractivity contribution is 5.95. The molecule has 1 aromatic heterocycles. The van der Waals surface area contributed by atoms with Crippen LogP contribution < -0.4 is 4.90 Å². The van der Waals surface area contributed by atoms with Gasteiger partial charge in [0.15, 0.2) is 11.5 Å². The second kappa shape index (κ2) is 8.02. The number of fused-ring (bicyclic) bond motifs is 3. The SMILES string of the molecule is CCOC(=O)c1ncn2c1N(c1ccc(C)cc1)C(CC(=O)OC)c1ccccc1-2. The van der Waals surface area contributed by atoms with Gasteiger partial charge >= 0.3 is 11.9 Å². The summed E-state index contributed by atoms with van der Waals surface area (Å²) in [5, 5.41) is 0. The van der Waals surface area contributed by atoms with Crippen LogP contribution in [0.3, 0.4) is 0 Å². The molecular formula is C23H23N3O4. The summed E-state index contributed by atoms with van der Waals surface area (Å²) in [5.41, 5.74) is 3.98. The zero-order valence-corrected chi connectivity index (χ0v) is 17.2. The fourth-order valence-electron chi connectivity index (χ4n) is 3.82. The van der Waals surface area contributed by atoms with Crippen LogP contribution in [0.2, 0.25) is 0 Å². The number of carbonyl (C=O) groups is 2. The first-order chi connectivity index (χ1) is 14.5. The number of carbonyl (C=O) groups excluding carboxylic acids is 2. The summed E-state index contributed by atoms with van der Waals surface area (Å²) < 4.78 is 12.1. The lowest BCUT2D eigenvalue weighted by Gasteiger charge is -2.39. The third-order valence-corrected chi connectivity index (χ3v) is 5.21. The number of ether oxygens (including phenoxy) is 2. The predicted molar refractivity (Wildman–Crippen MR) is 112 cm³/mol. The summed E-state index contributed by atoms with van der Waals surface area (Å²) in [7, 11) is 1.38. The highest BCUT2D eigenvalue weighted by atomic mass is 16.5. The Morgan fingerprint density at radius 3 is 2.53 bits per heavy atom. The van der Waals surface area contributed by atoms with Gasteiger partial charge in [0.1, 0.15) is 6.33 Å². The summed E-state index contributed by atoms with van der Waals surface area (Å²) in [6, 6.07) is 15.4. The Hall–Kier alpha value is -3.61. The maximum Gasteiger partial charge on any atom is 0.360 e. The lowest BCUT2D eigenvalue weighted by Crippen LogP contribution is -2.33. The van der Waals surface area contributed by atoms with Crippen LogP contribution in [0.1, 0.15) is 41.0 Å². The van der Waals surface area contributed by atoms with E-state index in [0.29, 0.717) is 5.82 Å². The monoisotopic (exact) mass is 405 g/mol. The third kappa shape index (κ3) is 3.32. The maximum atomic E-state index is 12.7. The molecule has 2 aromatic carbocycles. The number of methoxy groups -OCH3 is 1. The van der Waals surface area contributed by atoms with Gasteiger partial charge in [0, 0.05) is 5.69 Å². The molecule has 4 rings (SSSR count). The summed E-state index contributed by atoms with van der Waals surface area (Å²) in [6.45, 7) is 4.01. The van der Waals surface area contributed by atoms with Crippen LogP contribution in [-0.2, 0) is 14.3 Å². The topological polar surface area (TPSA) is 73.7 Å². The fraction of sp³-hybridized carbons (Fsp3) is 0.261. The Balaban J connectivity index is 1.97. The van der Waals surface area contributed by atoms with Crippen LogP contribution >= 0.6 is 0 Å². The largest absolute Gasteiger partial charge is 0.469 e. The third-order valence-electron chi connectivity index (χ3n) is 5.21. The minimum Gasteiger partial charge on any atom is -0.469 e. The van der Waals surface area contributed by atoms with Gasteiger partial charge in [0.25, 0.3) is 0 Å². The Morgan fingerprint density at radius 1 is 1.10 bits per heavy atom. The van der Waals surface area contributed by atoms with Gasteiger partial charge in [-0.3, -0.25) is 9.36 Å². The molecule has 0 saturated carbocycles. The number of anilines is 2. The van der Waals surface area contributed by atoms with Crippen LogP contribution in [0, 0.1) is 6.92 Å². The number of hydrogen-bond donors (Lipinski definition) is 0. The van der Waals surface area contributed by atoms with Crippen LogP contribution in [0.25, 0.3) is 5.69 Å². The summed E-state index contributed by atoms with van der Waals surface area (Å²) >= 11 is 0. The Bertz CT molecular complexity index is 1090. The van der Waals surface area contributed by atoms with E-state index in [9.17, 15) is 9.59 Å². The smallest absolute Gasteiger partial charge is 0.360 e. The molecule has 30 heavy (non-hydrogen) atoms. The van der Waals surface area contributed by atoms with Crippen molar-refractivity contribution in [2.24, 2.45) is 0 Å². The molecule has 2 heterocycles. The molecule has 0 N–H and O–H groups in total. The van der Waals surface area contributed by atoms with E-state index in [1.165, 1.54) is 7.11 Å². The fourth-order valence-corrected chi connectivity index (χ4v) is 3.82. The minimum absolute atomic E-state index is 0.120. The predicted octanol–water partition coefficient (Wildman–Crippen LogP) is 4.11. The van der Waals surface area contributed by atoms with Crippen molar-refractivity contribution in [3.63, 3.8) is 0 Å². The van der Waals surface area contributed by atoms with Crippen LogP contribution in [0.4, 0.5) is 11.5 Å². The first-order valence-corrected chi connectivity index (χ1v) is 9.81. The van der Waals surface area contributed by atoms with Crippen LogP contribution in [0.15, 0.2) is 54.9 Å². The normalized spacial score (nSPS) is 14.6. The molecule has 0 radical (unpaired) electrons. The van der Waals surface area contributed by atoms with E-state index in [-0.39, 0.29) is 30.7 Å². The molecule has 7 nitrogen and oxygen atoms in total. The lowest BCUT2D eigenvalue weighted by molar-refractivity contribution is -0.141. The Labute approximate surface area is 174 Å². The second-order valence-corrected chi connectivity index (χ2v) is 7.07. The van der Waals surface area contributed by atoms with E-state index >= 15 is 0 Å². The number of rotatable bonds is 5. The van der Waals surface area contributed by atoms with E-state index in [1.54, 1.807) is 13.3 Å². The van der Waals surface area contributed by atoms with Crippen LogP contribution in [0.5, 0.6) is 0 Å². The van der Waals surface area contributed by atoms with E-state index < -0.39 is 5.97 Å². The number of nitrogens with zero attached hydrogens (tertiary/aromatic N) is 3. The zero-order valence-electron chi connectivity index (χ0n) is 17.2. The van der Waals surface area contributed by atoms with Gasteiger partial charge in [-0.15, -0.1) is 0 Å². The second-order valence-electron chi connectivity index (χ2n) is 7.07.